The SMILES string of the molecule is CS(=O)(=O)c1cccc(NC(=O)c2ccccn2)c1. The number of aromatic nitrogens is 1. The molecule has 19 heavy (non-hydrogen) atoms. The maximum Gasteiger partial charge on any atom is 0.274 e. The van der Waals surface area contributed by atoms with Gasteiger partial charge in [-0.25, -0.2) is 8.42 Å². The summed E-state index contributed by atoms with van der Waals surface area (Å²) in [5, 5.41) is 2.60. The van der Waals surface area contributed by atoms with Crippen molar-refractivity contribution in [3.05, 3.63) is 54.4 Å². The summed E-state index contributed by atoms with van der Waals surface area (Å²) in [5.41, 5.74) is 0.686. The van der Waals surface area contributed by atoms with E-state index in [2.05, 4.69) is 10.3 Å². The largest absolute Gasteiger partial charge is 0.321 e. The molecule has 0 bridgehead atoms. The molecule has 6 heteroatoms. The molecule has 1 heterocycles. The number of benzene rings is 1. The van der Waals surface area contributed by atoms with Gasteiger partial charge in [0.2, 0.25) is 0 Å². The second kappa shape index (κ2) is 5.19. The van der Waals surface area contributed by atoms with Crippen molar-refractivity contribution in [2.24, 2.45) is 0 Å². The van der Waals surface area contributed by atoms with Gasteiger partial charge < -0.3 is 5.32 Å². The molecule has 2 aromatic rings. The van der Waals surface area contributed by atoms with Crippen LogP contribution in [0.2, 0.25) is 0 Å². The lowest BCUT2D eigenvalue weighted by Gasteiger charge is -2.06. The molecule has 0 saturated carbocycles. The first-order valence-corrected chi connectivity index (χ1v) is 7.38. The average molecular weight is 276 g/mol. The zero-order valence-corrected chi connectivity index (χ0v) is 11.0. The molecule has 0 aliphatic heterocycles. The van der Waals surface area contributed by atoms with E-state index in [0.717, 1.165) is 6.26 Å². The van der Waals surface area contributed by atoms with Gasteiger partial charge in [0, 0.05) is 18.1 Å². The Bertz CT molecular complexity index is 697. The maximum atomic E-state index is 11.9. The Morgan fingerprint density at radius 2 is 1.95 bits per heavy atom. The van der Waals surface area contributed by atoms with Gasteiger partial charge in [0.05, 0.1) is 4.90 Å². The van der Waals surface area contributed by atoms with Gasteiger partial charge in [0.15, 0.2) is 9.84 Å². The lowest BCUT2D eigenvalue weighted by atomic mass is 10.3. The zero-order chi connectivity index (χ0) is 13.9. The van der Waals surface area contributed by atoms with Crippen molar-refractivity contribution in [2.45, 2.75) is 4.90 Å². The fourth-order valence-electron chi connectivity index (χ4n) is 1.50. The minimum atomic E-state index is -3.29. The van der Waals surface area contributed by atoms with Gasteiger partial charge in [-0.3, -0.25) is 9.78 Å². The molecule has 0 aliphatic rings. The molecule has 0 unspecified atom stereocenters. The highest BCUT2D eigenvalue weighted by Crippen LogP contribution is 2.15. The second-order valence-electron chi connectivity index (χ2n) is 3.97. The van der Waals surface area contributed by atoms with Crippen LogP contribution >= 0.6 is 0 Å². The van der Waals surface area contributed by atoms with Crippen LogP contribution in [0, 0.1) is 0 Å². The van der Waals surface area contributed by atoms with Gasteiger partial charge >= 0.3 is 0 Å². The molecule has 1 aromatic carbocycles. The monoisotopic (exact) mass is 276 g/mol. The van der Waals surface area contributed by atoms with Crippen molar-refractivity contribution in [3.8, 4) is 0 Å². The molecule has 0 atom stereocenters. The van der Waals surface area contributed by atoms with E-state index < -0.39 is 9.84 Å². The Morgan fingerprint density at radius 3 is 2.58 bits per heavy atom. The number of sulfone groups is 1. The second-order valence-corrected chi connectivity index (χ2v) is 5.98. The first kappa shape index (κ1) is 13.2. The molecule has 0 aliphatic carbocycles. The molecular formula is C13H12N2O3S. The van der Waals surface area contributed by atoms with Gasteiger partial charge in [-0.1, -0.05) is 12.1 Å². The third-order valence-corrected chi connectivity index (χ3v) is 3.53. The van der Waals surface area contributed by atoms with Crippen molar-refractivity contribution < 1.29 is 13.2 Å². The van der Waals surface area contributed by atoms with Gasteiger partial charge in [0.25, 0.3) is 5.91 Å². The first-order valence-electron chi connectivity index (χ1n) is 5.49. The van der Waals surface area contributed by atoms with E-state index in [9.17, 15) is 13.2 Å². The Hall–Kier alpha value is -2.21. The third-order valence-electron chi connectivity index (χ3n) is 2.42. The van der Waals surface area contributed by atoms with Gasteiger partial charge in [-0.05, 0) is 30.3 Å². The number of rotatable bonds is 3. The van der Waals surface area contributed by atoms with Crippen molar-refractivity contribution in [1.29, 1.82) is 0 Å². The summed E-state index contributed by atoms with van der Waals surface area (Å²) in [6.07, 6.45) is 2.63. The quantitative estimate of drug-likeness (QED) is 0.926. The lowest BCUT2D eigenvalue weighted by Crippen LogP contribution is -2.13. The van der Waals surface area contributed by atoms with E-state index in [0.29, 0.717) is 5.69 Å². The van der Waals surface area contributed by atoms with Crippen LogP contribution in [0.3, 0.4) is 0 Å². The highest BCUT2D eigenvalue weighted by Gasteiger charge is 2.10. The van der Waals surface area contributed by atoms with Gasteiger partial charge in [0.1, 0.15) is 5.69 Å². The molecular weight excluding hydrogens is 264 g/mol. The summed E-state index contributed by atoms with van der Waals surface area (Å²) in [7, 11) is -3.29. The van der Waals surface area contributed by atoms with E-state index in [1.165, 1.54) is 18.3 Å². The summed E-state index contributed by atoms with van der Waals surface area (Å²) >= 11 is 0. The Kier molecular flexibility index (Phi) is 3.62. The molecule has 5 nitrogen and oxygen atoms in total. The Labute approximate surface area is 111 Å². The molecule has 0 radical (unpaired) electrons. The van der Waals surface area contributed by atoms with E-state index in [1.54, 1.807) is 30.3 Å². The first-order chi connectivity index (χ1) is 8.97. The number of pyridine rings is 1. The lowest BCUT2D eigenvalue weighted by molar-refractivity contribution is 0.102. The predicted octanol–water partition coefficient (Wildman–Crippen LogP) is 1.74. The highest BCUT2D eigenvalue weighted by atomic mass is 32.2. The molecule has 0 spiro atoms. The van der Waals surface area contributed by atoms with Crippen molar-refractivity contribution in [2.75, 3.05) is 11.6 Å². The fraction of sp³-hybridized carbons (Fsp3) is 0.0769. The summed E-state index contributed by atoms with van der Waals surface area (Å²) in [4.78, 5) is 15.9. The number of nitrogens with one attached hydrogen (secondary N) is 1. The normalized spacial score (nSPS) is 11.0. The molecule has 0 fully saturated rings. The summed E-state index contributed by atoms with van der Waals surface area (Å²) in [5.74, 6) is -0.383. The van der Waals surface area contributed by atoms with Crippen LogP contribution in [-0.4, -0.2) is 25.6 Å². The molecule has 98 valence electrons. The fourth-order valence-corrected chi connectivity index (χ4v) is 2.16. The minimum Gasteiger partial charge on any atom is -0.321 e. The van der Waals surface area contributed by atoms with Crippen LogP contribution in [-0.2, 0) is 9.84 Å². The van der Waals surface area contributed by atoms with Crippen LogP contribution in [0.25, 0.3) is 0 Å². The molecule has 1 N–H and O–H groups in total. The number of amides is 1. The molecule has 2 rings (SSSR count). The third kappa shape index (κ3) is 3.38. The standard InChI is InChI=1S/C13H12N2O3S/c1-19(17,18)11-6-4-5-10(9-11)15-13(16)12-7-2-3-8-14-12/h2-9H,1H3,(H,15,16). The van der Waals surface area contributed by atoms with Crippen LogP contribution in [0.5, 0.6) is 0 Å². The number of hydrogen-bond acceptors (Lipinski definition) is 4. The molecule has 1 aromatic heterocycles. The number of hydrogen-bond donors (Lipinski definition) is 1. The maximum absolute atomic E-state index is 11.9. The predicted molar refractivity (Wildman–Crippen MR) is 71.7 cm³/mol. The zero-order valence-electron chi connectivity index (χ0n) is 10.2. The van der Waals surface area contributed by atoms with E-state index in [-0.39, 0.29) is 16.5 Å². The van der Waals surface area contributed by atoms with E-state index >= 15 is 0 Å². The summed E-state index contributed by atoms with van der Waals surface area (Å²) in [6, 6.07) is 11.1. The average Bonchev–Trinajstić information content (AvgIpc) is 2.39. The van der Waals surface area contributed by atoms with E-state index in [1.807, 2.05) is 0 Å². The Morgan fingerprint density at radius 1 is 1.16 bits per heavy atom. The molecule has 0 saturated heterocycles. The number of carbonyl (C=O) groups excluding carboxylic acids is 1. The smallest absolute Gasteiger partial charge is 0.274 e. The van der Waals surface area contributed by atoms with Gasteiger partial charge in [-0.2, -0.15) is 0 Å². The van der Waals surface area contributed by atoms with Crippen molar-refractivity contribution in [3.63, 3.8) is 0 Å². The van der Waals surface area contributed by atoms with Crippen LogP contribution in [0.4, 0.5) is 5.69 Å². The van der Waals surface area contributed by atoms with Crippen molar-refractivity contribution in [1.82, 2.24) is 4.98 Å². The summed E-state index contributed by atoms with van der Waals surface area (Å²) < 4.78 is 22.8. The van der Waals surface area contributed by atoms with Crippen LogP contribution in [0.15, 0.2) is 53.6 Å². The van der Waals surface area contributed by atoms with Crippen molar-refractivity contribution >= 4 is 21.4 Å². The van der Waals surface area contributed by atoms with Crippen LogP contribution in [0.1, 0.15) is 10.5 Å². The van der Waals surface area contributed by atoms with Crippen LogP contribution < -0.4 is 5.32 Å². The number of anilines is 1. The van der Waals surface area contributed by atoms with E-state index in [4.69, 9.17) is 0 Å². The topological polar surface area (TPSA) is 76.1 Å². The summed E-state index contributed by atoms with van der Waals surface area (Å²) in [6.45, 7) is 0. The number of carbonyl (C=O) groups is 1. The highest BCUT2D eigenvalue weighted by molar-refractivity contribution is 7.90. The Balaban J connectivity index is 2.23. The van der Waals surface area contributed by atoms with Gasteiger partial charge in [-0.15, -0.1) is 0 Å². The number of nitrogens with zero attached hydrogens (tertiary/aromatic N) is 1. The minimum absolute atomic E-state index is 0.159. The molecule has 1 amide bonds.